The summed E-state index contributed by atoms with van der Waals surface area (Å²) in [5, 5.41) is 8.82. The molecule has 0 radical (unpaired) electrons. The third kappa shape index (κ3) is 2.94. The third-order valence-corrected chi connectivity index (χ3v) is 9.84. The second-order valence-corrected chi connectivity index (χ2v) is 12.7. The Bertz CT molecular complexity index is 2240. The standard InChI is InChI=1S/C40H29NO2/c1-20(2)22-10-7-11-23(21(3)4)38(22)41-39(42)32-18-16-30-28-14-12-26-24-8-5-6-9-25(24)27-13-15-29(35(28)34(26)27)31-17-19-33(40(41)43)37(32)36(30)31/h5-21H,1-4H3. The van der Waals surface area contributed by atoms with Gasteiger partial charge in [-0.05, 0) is 95.1 Å². The van der Waals surface area contributed by atoms with Gasteiger partial charge in [0.05, 0.1) is 5.69 Å². The first-order chi connectivity index (χ1) is 20.9. The number of para-hydroxylation sites is 1. The topological polar surface area (TPSA) is 37.4 Å². The van der Waals surface area contributed by atoms with E-state index in [-0.39, 0.29) is 23.7 Å². The number of anilines is 1. The molecule has 43 heavy (non-hydrogen) atoms. The van der Waals surface area contributed by atoms with E-state index in [1.54, 1.807) is 0 Å². The fraction of sp³-hybridized carbons (Fsp3) is 0.150. The molecular weight excluding hydrogens is 526 g/mol. The summed E-state index contributed by atoms with van der Waals surface area (Å²) in [4.78, 5) is 30.4. The lowest BCUT2D eigenvalue weighted by atomic mass is 9.83. The van der Waals surface area contributed by atoms with Crippen LogP contribution in [-0.2, 0) is 0 Å². The normalized spacial score (nSPS) is 14.0. The number of carbonyl (C=O) groups excluding carboxylic acids is 2. The van der Waals surface area contributed by atoms with Crippen molar-refractivity contribution >= 4 is 60.6 Å². The van der Waals surface area contributed by atoms with Crippen molar-refractivity contribution < 1.29 is 9.59 Å². The molecule has 0 aromatic heterocycles. The first kappa shape index (κ1) is 24.6. The number of fused-ring (bicyclic) bond motifs is 5. The summed E-state index contributed by atoms with van der Waals surface area (Å²) >= 11 is 0. The van der Waals surface area contributed by atoms with Crippen LogP contribution >= 0.6 is 0 Å². The largest absolute Gasteiger partial charge is 0.268 e. The van der Waals surface area contributed by atoms with Crippen molar-refractivity contribution in [2.24, 2.45) is 0 Å². The van der Waals surface area contributed by atoms with E-state index in [0.717, 1.165) is 49.1 Å². The van der Waals surface area contributed by atoms with Crippen molar-refractivity contribution in [2.45, 2.75) is 39.5 Å². The Labute approximate surface area is 249 Å². The number of amides is 2. The van der Waals surface area contributed by atoms with Crippen LogP contribution in [-0.4, -0.2) is 11.8 Å². The molecule has 1 heterocycles. The number of rotatable bonds is 3. The lowest BCUT2D eigenvalue weighted by Gasteiger charge is -2.32. The average molecular weight is 556 g/mol. The van der Waals surface area contributed by atoms with Gasteiger partial charge in [-0.1, -0.05) is 107 Å². The summed E-state index contributed by atoms with van der Waals surface area (Å²) < 4.78 is 0. The van der Waals surface area contributed by atoms with Gasteiger partial charge in [0, 0.05) is 16.5 Å². The highest BCUT2D eigenvalue weighted by atomic mass is 16.2. The van der Waals surface area contributed by atoms with Crippen LogP contribution in [0.15, 0.2) is 91.0 Å². The van der Waals surface area contributed by atoms with Crippen LogP contribution in [0, 0.1) is 0 Å². The molecule has 0 unspecified atom stereocenters. The molecule has 2 amide bonds. The van der Waals surface area contributed by atoms with Crippen LogP contribution in [0.2, 0.25) is 0 Å². The number of carbonyl (C=O) groups is 2. The SMILES string of the molecule is CC(C)c1cccc(C(C)C)c1N1C(=O)c2ccc3c4ccc5c6c(ccc(c7ccc(c2c37)C1=O)c64)-c1ccccc1-5. The maximum atomic E-state index is 14.5. The number of hydrogen-bond acceptors (Lipinski definition) is 2. The molecule has 1 aliphatic carbocycles. The molecule has 0 fully saturated rings. The average Bonchev–Trinajstić information content (AvgIpc) is 3.35. The van der Waals surface area contributed by atoms with Gasteiger partial charge in [0.15, 0.2) is 0 Å². The van der Waals surface area contributed by atoms with E-state index in [1.807, 2.05) is 30.3 Å². The van der Waals surface area contributed by atoms with Gasteiger partial charge in [-0.25, -0.2) is 4.90 Å². The van der Waals surface area contributed by atoms with E-state index >= 15 is 0 Å². The van der Waals surface area contributed by atoms with Crippen molar-refractivity contribution in [2.75, 3.05) is 4.90 Å². The number of imide groups is 1. The van der Waals surface area contributed by atoms with Gasteiger partial charge >= 0.3 is 0 Å². The lowest BCUT2D eigenvalue weighted by Crippen LogP contribution is -2.41. The minimum atomic E-state index is -0.244. The Morgan fingerprint density at radius 3 is 1.23 bits per heavy atom. The lowest BCUT2D eigenvalue weighted by molar-refractivity contribution is 0.0893. The summed E-state index contributed by atoms with van der Waals surface area (Å²) in [5.74, 6) is -0.171. The van der Waals surface area contributed by atoms with E-state index in [0.29, 0.717) is 11.1 Å². The fourth-order valence-electron chi connectivity index (χ4n) is 7.95. The predicted molar refractivity (Wildman–Crippen MR) is 178 cm³/mol. The molecule has 3 nitrogen and oxygen atoms in total. The van der Waals surface area contributed by atoms with Crippen molar-refractivity contribution in [3.63, 3.8) is 0 Å². The molecule has 0 saturated carbocycles. The Balaban J connectivity index is 1.36. The van der Waals surface area contributed by atoms with Crippen LogP contribution in [0.4, 0.5) is 5.69 Å². The van der Waals surface area contributed by atoms with E-state index in [1.165, 1.54) is 37.9 Å². The summed E-state index contributed by atoms with van der Waals surface area (Å²) in [6.45, 7) is 8.47. The first-order valence-corrected chi connectivity index (χ1v) is 15.2. The van der Waals surface area contributed by atoms with Crippen LogP contribution in [0.5, 0.6) is 0 Å². The van der Waals surface area contributed by atoms with E-state index in [4.69, 9.17) is 0 Å². The van der Waals surface area contributed by atoms with Crippen LogP contribution < -0.4 is 4.90 Å². The number of hydrogen-bond donors (Lipinski definition) is 0. The predicted octanol–water partition coefficient (Wildman–Crippen LogP) is 10.4. The number of nitrogens with zero attached hydrogens (tertiary/aromatic N) is 1. The molecular formula is C40H29NO2. The van der Waals surface area contributed by atoms with Gasteiger partial charge in [-0.2, -0.15) is 0 Å². The zero-order valence-corrected chi connectivity index (χ0v) is 24.6. The van der Waals surface area contributed by atoms with Crippen LogP contribution in [0.1, 0.15) is 71.4 Å². The van der Waals surface area contributed by atoms with Gasteiger partial charge < -0.3 is 0 Å². The second-order valence-electron chi connectivity index (χ2n) is 12.7. The maximum Gasteiger partial charge on any atom is 0.266 e. The van der Waals surface area contributed by atoms with Gasteiger partial charge in [-0.15, -0.1) is 0 Å². The van der Waals surface area contributed by atoms with E-state index in [2.05, 4.69) is 88.4 Å². The second kappa shape index (κ2) is 8.29. The molecule has 0 spiro atoms. The quantitative estimate of drug-likeness (QED) is 0.124. The number of benzene rings is 7. The minimum absolute atomic E-state index is 0.159. The summed E-state index contributed by atoms with van der Waals surface area (Å²) in [7, 11) is 0. The summed E-state index contributed by atoms with van der Waals surface area (Å²) in [6.07, 6.45) is 0. The molecule has 3 heteroatoms. The van der Waals surface area contributed by atoms with Crippen LogP contribution in [0.3, 0.4) is 0 Å². The maximum absolute atomic E-state index is 14.5. The van der Waals surface area contributed by atoms with Gasteiger partial charge in [0.2, 0.25) is 0 Å². The smallest absolute Gasteiger partial charge is 0.266 e. The molecule has 7 aromatic carbocycles. The molecule has 0 saturated heterocycles. The summed E-state index contributed by atoms with van der Waals surface area (Å²) in [6, 6.07) is 31.8. The highest BCUT2D eigenvalue weighted by Gasteiger charge is 2.38. The molecule has 1 aliphatic heterocycles. The Kier molecular flexibility index (Phi) is 4.74. The highest BCUT2D eigenvalue weighted by molar-refractivity contribution is 6.43. The van der Waals surface area contributed by atoms with Crippen LogP contribution in [0.25, 0.3) is 65.3 Å². The van der Waals surface area contributed by atoms with E-state index < -0.39 is 0 Å². The molecule has 9 rings (SSSR count). The molecule has 7 aromatic rings. The van der Waals surface area contributed by atoms with E-state index in [9.17, 15) is 9.59 Å². The van der Waals surface area contributed by atoms with Gasteiger partial charge in [-0.3, -0.25) is 9.59 Å². The Morgan fingerprint density at radius 1 is 0.419 bits per heavy atom. The van der Waals surface area contributed by atoms with Crippen molar-refractivity contribution in [3.8, 4) is 22.3 Å². The Morgan fingerprint density at radius 2 is 0.814 bits per heavy atom. The van der Waals surface area contributed by atoms with Crippen molar-refractivity contribution in [1.82, 2.24) is 0 Å². The van der Waals surface area contributed by atoms with Crippen molar-refractivity contribution in [3.05, 3.63) is 113 Å². The monoisotopic (exact) mass is 555 g/mol. The molecule has 2 aliphatic rings. The molecule has 0 bridgehead atoms. The third-order valence-electron chi connectivity index (χ3n) is 9.84. The fourth-order valence-corrected chi connectivity index (χ4v) is 7.95. The molecule has 0 atom stereocenters. The van der Waals surface area contributed by atoms with Gasteiger partial charge in [0.1, 0.15) is 0 Å². The molecule has 206 valence electrons. The zero-order chi connectivity index (χ0) is 29.3. The van der Waals surface area contributed by atoms with Crippen molar-refractivity contribution in [1.29, 1.82) is 0 Å². The summed E-state index contributed by atoms with van der Waals surface area (Å²) in [5.41, 5.74) is 9.04. The highest BCUT2D eigenvalue weighted by Crippen LogP contribution is 2.53. The van der Waals surface area contributed by atoms with Gasteiger partial charge in [0.25, 0.3) is 11.8 Å². The minimum Gasteiger partial charge on any atom is -0.268 e. The first-order valence-electron chi connectivity index (χ1n) is 15.2. The Hall–Kier alpha value is -5.02. The zero-order valence-electron chi connectivity index (χ0n) is 24.6. The molecule has 0 N–H and O–H groups in total.